The molecule has 2 rings (SSSR count). The van der Waals surface area contributed by atoms with Gasteiger partial charge in [-0.1, -0.05) is 0 Å². The lowest BCUT2D eigenvalue weighted by Gasteiger charge is -2.37. The average Bonchev–Trinajstić information content (AvgIpc) is 2.15. The van der Waals surface area contributed by atoms with Crippen LogP contribution in [0.5, 0.6) is 0 Å². The van der Waals surface area contributed by atoms with Crippen LogP contribution in [0.4, 0.5) is 11.4 Å². The third-order valence-corrected chi connectivity index (χ3v) is 2.55. The van der Waals surface area contributed by atoms with Gasteiger partial charge in [-0.05, 0) is 6.07 Å². The van der Waals surface area contributed by atoms with E-state index in [1.165, 1.54) is 18.5 Å². The number of aromatic nitrogens is 1. The molecule has 7 nitrogen and oxygen atoms in total. The lowest BCUT2D eigenvalue weighted by Crippen LogP contribution is -2.50. The summed E-state index contributed by atoms with van der Waals surface area (Å²) in [7, 11) is 0. The maximum Gasteiger partial charge on any atom is 0.310 e. The molecule has 1 saturated heterocycles. The van der Waals surface area contributed by atoms with E-state index in [0.29, 0.717) is 18.8 Å². The molecule has 0 amide bonds. The first kappa shape index (κ1) is 10.3. The molecule has 0 saturated carbocycles. The van der Waals surface area contributed by atoms with Crippen molar-refractivity contribution in [3.63, 3.8) is 0 Å². The van der Waals surface area contributed by atoms with Gasteiger partial charge in [0.1, 0.15) is 11.9 Å². The van der Waals surface area contributed by atoms with E-state index < -0.39 is 16.8 Å². The number of rotatable bonds is 3. The van der Waals surface area contributed by atoms with Crippen LogP contribution in [0.3, 0.4) is 0 Å². The molecule has 1 aromatic rings. The monoisotopic (exact) mass is 223 g/mol. The molecular formula is C9H9N3O4. The van der Waals surface area contributed by atoms with Crippen molar-refractivity contribution >= 4 is 17.3 Å². The Balaban J connectivity index is 2.17. The fourth-order valence-corrected chi connectivity index (χ4v) is 1.62. The van der Waals surface area contributed by atoms with Gasteiger partial charge in [-0.15, -0.1) is 0 Å². The van der Waals surface area contributed by atoms with E-state index in [-0.39, 0.29) is 5.69 Å². The number of nitro groups is 1. The molecule has 0 radical (unpaired) electrons. The summed E-state index contributed by atoms with van der Waals surface area (Å²) in [5.74, 6) is -1.30. The molecule has 0 unspecified atom stereocenters. The van der Waals surface area contributed by atoms with Crippen LogP contribution in [0.15, 0.2) is 18.5 Å². The first-order valence-electron chi connectivity index (χ1n) is 4.65. The second-order valence-corrected chi connectivity index (χ2v) is 3.56. The Morgan fingerprint density at radius 3 is 2.88 bits per heavy atom. The Morgan fingerprint density at radius 2 is 2.31 bits per heavy atom. The molecule has 2 heterocycles. The molecule has 7 heteroatoms. The summed E-state index contributed by atoms with van der Waals surface area (Å²) in [6.45, 7) is 0.611. The third-order valence-electron chi connectivity index (χ3n) is 2.55. The average molecular weight is 223 g/mol. The molecule has 1 aromatic heterocycles. The summed E-state index contributed by atoms with van der Waals surface area (Å²) >= 11 is 0. The standard InChI is InChI=1S/C9H9N3O4/c13-9(14)6-4-11(5-6)7-1-2-10-3-8(7)12(15)16/h1-3,6H,4-5H2,(H,13,14). The molecule has 0 spiro atoms. The van der Waals surface area contributed by atoms with Gasteiger partial charge < -0.3 is 10.0 Å². The van der Waals surface area contributed by atoms with Crippen molar-refractivity contribution in [1.82, 2.24) is 4.98 Å². The van der Waals surface area contributed by atoms with E-state index in [4.69, 9.17) is 5.11 Å². The zero-order valence-electron chi connectivity index (χ0n) is 8.24. The van der Waals surface area contributed by atoms with Gasteiger partial charge in [0.25, 0.3) is 0 Å². The number of carboxylic acid groups (broad SMARTS) is 1. The largest absolute Gasteiger partial charge is 0.481 e. The molecule has 1 fully saturated rings. The van der Waals surface area contributed by atoms with Gasteiger partial charge in [-0.3, -0.25) is 19.9 Å². The van der Waals surface area contributed by atoms with E-state index in [0.717, 1.165) is 0 Å². The van der Waals surface area contributed by atoms with Crippen molar-refractivity contribution in [2.24, 2.45) is 5.92 Å². The summed E-state index contributed by atoms with van der Waals surface area (Å²) in [5, 5.41) is 19.4. The molecule has 0 atom stereocenters. The van der Waals surface area contributed by atoms with Crippen LogP contribution in [-0.4, -0.2) is 34.1 Å². The number of anilines is 1. The number of pyridine rings is 1. The second-order valence-electron chi connectivity index (χ2n) is 3.56. The highest BCUT2D eigenvalue weighted by Crippen LogP contribution is 2.31. The first-order chi connectivity index (χ1) is 7.59. The van der Waals surface area contributed by atoms with Gasteiger partial charge in [-0.25, -0.2) is 0 Å². The predicted molar refractivity (Wildman–Crippen MR) is 54.2 cm³/mol. The number of carboxylic acids is 1. The summed E-state index contributed by atoms with van der Waals surface area (Å²) in [4.78, 5) is 26.1. The highest BCUT2D eigenvalue weighted by atomic mass is 16.6. The third kappa shape index (κ3) is 1.67. The van der Waals surface area contributed by atoms with Gasteiger partial charge in [0.2, 0.25) is 0 Å². The normalized spacial score (nSPS) is 15.6. The second kappa shape index (κ2) is 3.76. The molecule has 1 aliphatic rings. The Hall–Kier alpha value is -2.18. The number of hydrogen-bond donors (Lipinski definition) is 1. The van der Waals surface area contributed by atoms with E-state index in [9.17, 15) is 14.9 Å². The van der Waals surface area contributed by atoms with E-state index in [1.807, 2.05) is 0 Å². The van der Waals surface area contributed by atoms with Gasteiger partial charge in [0, 0.05) is 19.3 Å². The fourth-order valence-electron chi connectivity index (χ4n) is 1.62. The van der Waals surface area contributed by atoms with Gasteiger partial charge in [-0.2, -0.15) is 0 Å². The molecule has 84 valence electrons. The Kier molecular flexibility index (Phi) is 2.43. The molecule has 0 bridgehead atoms. The van der Waals surface area contributed by atoms with Crippen molar-refractivity contribution in [3.05, 3.63) is 28.6 Å². The maximum absolute atomic E-state index is 10.7. The number of nitrogens with zero attached hydrogens (tertiary/aromatic N) is 3. The first-order valence-corrected chi connectivity index (χ1v) is 4.65. The molecule has 16 heavy (non-hydrogen) atoms. The molecule has 0 aromatic carbocycles. The topological polar surface area (TPSA) is 96.6 Å². The van der Waals surface area contributed by atoms with E-state index in [2.05, 4.69) is 4.98 Å². The minimum absolute atomic E-state index is 0.0914. The lowest BCUT2D eigenvalue weighted by atomic mass is 9.99. The van der Waals surface area contributed by atoms with Crippen molar-refractivity contribution in [2.75, 3.05) is 18.0 Å². The Morgan fingerprint density at radius 1 is 1.62 bits per heavy atom. The Labute approximate surface area is 90.5 Å². The number of aliphatic carboxylic acids is 1. The van der Waals surface area contributed by atoms with Crippen LogP contribution in [-0.2, 0) is 4.79 Å². The zero-order chi connectivity index (χ0) is 11.7. The van der Waals surface area contributed by atoms with Crippen LogP contribution in [0.25, 0.3) is 0 Å². The molecular weight excluding hydrogens is 214 g/mol. The van der Waals surface area contributed by atoms with Crippen LogP contribution >= 0.6 is 0 Å². The summed E-state index contributed by atoms with van der Waals surface area (Å²) < 4.78 is 0. The van der Waals surface area contributed by atoms with Crippen LogP contribution in [0, 0.1) is 16.0 Å². The molecule has 1 aliphatic heterocycles. The van der Waals surface area contributed by atoms with Crippen molar-refractivity contribution < 1.29 is 14.8 Å². The minimum atomic E-state index is -0.868. The smallest absolute Gasteiger partial charge is 0.310 e. The van der Waals surface area contributed by atoms with Gasteiger partial charge in [0.15, 0.2) is 0 Å². The highest BCUT2D eigenvalue weighted by molar-refractivity contribution is 5.76. The zero-order valence-corrected chi connectivity index (χ0v) is 8.24. The van der Waals surface area contributed by atoms with Crippen LogP contribution in [0.2, 0.25) is 0 Å². The van der Waals surface area contributed by atoms with Crippen LogP contribution < -0.4 is 4.90 Å². The summed E-state index contributed by atoms with van der Waals surface area (Å²) in [6.07, 6.45) is 2.62. The number of carbonyl (C=O) groups is 1. The Bertz CT molecular complexity index is 442. The maximum atomic E-state index is 10.7. The van der Waals surface area contributed by atoms with Gasteiger partial charge >= 0.3 is 11.7 Å². The lowest BCUT2D eigenvalue weighted by molar-refractivity contribution is -0.384. The highest BCUT2D eigenvalue weighted by Gasteiger charge is 2.35. The van der Waals surface area contributed by atoms with Crippen molar-refractivity contribution in [3.8, 4) is 0 Å². The van der Waals surface area contributed by atoms with Crippen molar-refractivity contribution in [2.45, 2.75) is 0 Å². The molecule has 1 N–H and O–H groups in total. The molecule has 0 aliphatic carbocycles. The summed E-state index contributed by atoms with van der Waals surface area (Å²) in [6, 6.07) is 1.52. The van der Waals surface area contributed by atoms with E-state index in [1.54, 1.807) is 4.90 Å². The summed E-state index contributed by atoms with van der Waals surface area (Å²) in [5.41, 5.74) is 0.337. The predicted octanol–water partition coefficient (Wildman–Crippen LogP) is 0.511. The quantitative estimate of drug-likeness (QED) is 0.592. The van der Waals surface area contributed by atoms with E-state index >= 15 is 0 Å². The fraction of sp³-hybridized carbons (Fsp3) is 0.333. The van der Waals surface area contributed by atoms with Crippen molar-refractivity contribution in [1.29, 1.82) is 0 Å². The number of hydrogen-bond acceptors (Lipinski definition) is 5. The SMILES string of the molecule is O=C(O)C1CN(c2ccncc2[N+](=O)[O-])C1. The van der Waals surface area contributed by atoms with Gasteiger partial charge in [0.05, 0.1) is 10.8 Å². The minimum Gasteiger partial charge on any atom is -0.481 e. The van der Waals surface area contributed by atoms with Crippen LogP contribution in [0.1, 0.15) is 0 Å².